The fourth-order valence-corrected chi connectivity index (χ4v) is 1.30. The standard InChI is InChI=1S/C11H15N3O3.ClH/c1-12-7-2-8-13-11(15)9-3-5-10(6-4-9)14(16)17;/h3-6,12H,2,7-8H2,1H3,(H,13,15);1H. The van der Waals surface area contributed by atoms with E-state index in [0.29, 0.717) is 12.1 Å². The fourth-order valence-electron chi connectivity index (χ4n) is 1.30. The quantitative estimate of drug-likeness (QED) is 0.466. The number of nitro groups is 1. The summed E-state index contributed by atoms with van der Waals surface area (Å²) in [5.41, 5.74) is 0.414. The SMILES string of the molecule is CNCCCNC(=O)c1ccc([N+](=O)[O-])cc1.Cl. The minimum absolute atomic E-state index is 0. The van der Waals surface area contributed by atoms with Crippen LogP contribution in [0.3, 0.4) is 0 Å². The number of nitro benzene ring substituents is 1. The lowest BCUT2D eigenvalue weighted by Gasteiger charge is -2.04. The van der Waals surface area contributed by atoms with E-state index < -0.39 is 4.92 Å². The lowest BCUT2D eigenvalue weighted by atomic mass is 10.2. The van der Waals surface area contributed by atoms with Crippen LogP contribution in [-0.2, 0) is 0 Å². The monoisotopic (exact) mass is 273 g/mol. The molecule has 0 bridgehead atoms. The second kappa shape index (κ2) is 8.43. The lowest BCUT2D eigenvalue weighted by molar-refractivity contribution is -0.384. The van der Waals surface area contributed by atoms with Crippen molar-refractivity contribution in [3.05, 3.63) is 39.9 Å². The van der Waals surface area contributed by atoms with E-state index in [0.717, 1.165) is 13.0 Å². The maximum Gasteiger partial charge on any atom is 0.269 e. The first-order valence-corrected chi connectivity index (χ1v) is 5.32. The number of carbonyl (C=O) groups is 1. The first-order chi connectivity index (χ1) is 8.15. The largest absolute Gasteiger partial charge is 0.352 e. The third kappa shape index (κ3) is 5.11. The third-order valence-corrected chi connectivity index (χ3v) is 2.23. The van der Waals surface area contributed by atoms with Crippen LogP contribution in [0.4, 0.5) is 5.69 Å². The maximum atomic E-state index is 11.6. The van der Waals surface area contributed by atoms with E-state index in [1.807, 2.05) is 7.05 Å². The molecule has 0 saturated carbocycles. The summed E-state index contributed by atoms with van der Waals surface area (Å²) in [7, 11) is 1.85. The molecule has 7 heteroatoms. The van der Waals surface area contributed by atoms with Crippen molar-refractivity contribution in [3.63, 3.8) is 0 Å². The highest BCUT2D eigenvalue weighted by Crippen LogP contribution is 2.11. The predicted octanol–water partition coefficient (Wildman–Crippen LogP) is 1.36. The van der Waals surface area contributed by atoms with Gasteiger partial charge >= 0.3 is 0 Å². The molecule has 0 aromatic heterocycles. The van der Waals surface area contributed by atoms with Gasteiger partial charge in [-0.15, -0.1) is 12.4 Å². The number of nitrogens with zero attached hydrogens (tertiary/aromatic N) is 1. The van der Waals surface area contributed by atoms with E-state index in [2.05, 4.69) is 10.6 Å². The number of rotatable bonds is 6. The summed E-state index contributed by atoms with van der Waals surface area (Å²) >= 11 is 0. The van der Waals surface area contributed by atoms with Crippen molar-refractivity contribution in [3.8, 4) is 0 Å². The van der Waals surface area contributed by atoms with E-state index in [4.69, 9.17) is 0 Å². The Morgan fingerprint density at radius 3 is 2.39 bits per heavy atom. The molecule has 0 heterocycles. The smallest absolute Gasteiger partial charge is 0.269 e. The van der Waals surface area contributed by atoms with Gasteiger partial charge in [0, 0.05) is 24.2 Å². The van der Waals surface area contributed by atoms with Crippen LogP contribution in [0.2, 0.25) is 0 Å². The molecule has 2 N–H and O–H groups in total. The molecule has 6 nitrogen and oxygen atoms in total. The Balaban J connectivity index is 0.00000289. The first-order valence-electron chi connectivity index (χ1n) is 5.32. The van der Waals surface area contributed by atoms with Gasteiger partial charge in [-0.3, -0.25) is 14.9 Å². The number of amides is 1. The zero-order chi connectivity index (χ0) is 12.7. The highest BCUT2D eigenvalue weighted by Gasteiger charge is 2.08. The Morgan fingerprint density at radius 2 is 1.89 bits per heavy atom. The Hall–Kier alpha value is -1.66. The minimum atomic E-state index is -0.491. The van der Waals surface area contributed by atoms with E-state index in [-0.39, 0.29) is 24.0 Å². The Morgan fingerprint density at radius 1 is 1.28 bits per heavy atom. The van der Waals surface area contributed by atoms with Gasteiger partial charge in [0.15, 0.2) is 0 Å². The van der Waals surface area contributed by atoms with Gasteiger partial charge in [0.25, 0.3) is 11.6 Å². The van der Waals surface area contributed by atoms with Crippen LogP contribution in [0.15, 0.2) is 24.3 Å². The third-order valence-electron chi connectivity index (χ3n) is 2.23. The first kappa shape index (κ1) is 16.3. The molecule has 1 aromatic rings. The van der Waals surface area contributed by atoms with Crippen molar-refractivity contribution in [1.29, 1.82) is 0 Å². The van der Waals surface area contributed by atoms with Gasteiger partial charge in [-0.05, 0) is 32.1 Å². The van der Waals surface area contributed by atoms with E-state index >= 15 is 0 Å². The van der Waals surface area contributed by atoms with Crippen molar-refractivity contribution in [2.45, 2.75) is 6.42 Å². The van der Waals surface area contributed by atoms with Gasteiger partial charge < -0.3 is 10.6 Å². The Labute approximate surface area is 111 Å². The summed E-state index contributed by atoms with van der Waals surface area (Å²) < 4.78 is 0. The topological polar surface area (TPSA) is 84.3 Å². The molecule has 1 amide bonds. The van der Waals surface area contributed by atoms with Crippen LogP contribution in [0.25, 0.3) is 0 Å². The number of halogens is 1. The molecule has 0 unspecified atom stereocenters. The molecule has 0 radical (unpaired) electrons. The molecule has 0 atom stereocenters. The second-order valence-electron chi connectivity index (χ2n) is 3.52. The fraction of sp³-hybridized carbons (Fsp3) is 0.364. The van der Waals surface area contributed by atoms with E-state index in [1.165, 1.54) is 24.3 Å². The predicted molar refractivity (Wildman–Crippen MR) is 71.2 cm³/mol. The Bertz CT molecular complexity index is 395. The molecular weight excluding hydrogens is 258 g/mol. The zero-order valence-electron chi connectivity index (χ0n) is 10.0. The molecule has 1 aromatic carbocycles. The van der Waals surface area contributed by atoms with Gasteiger partial charge in [0.2, 0.25) is 0 Å². The number of benzene rings is 1. The van der Waals surface area contributed by atoms with E-state index in [9.17, 15) is 14.9 Å². The maximum absolute atomic E-state index is 11.6. The summed E-state index contributed by atoms with van der Waals surface area (Å²) in [5, 5.41) is 16.1. The van der Waals surface area contributed by atoms with Crippen LogP contribution in [-0.4, -0.2) is 31.0 Å². The van der Waals surface area contributed by atoms with Gasteiger partial charge in [0.1, 0.15) is 0 Å². The highest BCUT2D eigenvalue weighted by atomic mass is 35.5. The normalized spacial score (nSPS) is 9.39. The minimum Gasteiger partial charge on any atom is -0.352 e. The van der Waals surface area contributed by atoms with Crippen molar-refractivity contribution >= 4 is 24.0 Å². The number of hydrogen-bond acceptors (Lipinski definition) is 4. The summed E-state index contributed by atoms with van der Waals surface area (Å²) in [5.74, 6) is -0.212. The number of non-ortho nitro benzene ring substituents is 1. The van der Waals surface area contributed by atoms with Crippen LogP contribution in [0, 0.1) is 10.1 Å². The molecule has 0 saturated heterocycles. The van der Waals surface area contributed by atoms with Crippen LogP contribution >= 0.6 is 12.4 Å². The Kier molecular flexibility index (Phi) is 7.66. The molecule has 0 fully saturated rings. The van der Waals surface area contributed by atoms with Crippen molar-refractivity contribution in [2.75, 3.05) is 20.1 Å². The van der Waals surface area contributed by atoms with Crippen molar-refractivity contribution < 1.29 is 9.72 Å². The molecule has 0 aliphatic carbocycles. The molecular formula is C11H16ClN3O3. The lowest BCUT2D eigenvalue weighted by Crippen LogP contribution is -2.26. The highest BCUT2D eigenvalue weighted by molar-refractivity contribution is 5.94. The number of carbonyl (C=O) groups excluding carboxylic acids is 1. The molecule has 100 valence electrons. The summed E-state index contributed by atoms with van der Waals surface area (Å²) in [6.07, 6.45) is 0.842. The molecule has 0 spiro atoms. The van der Waals surface area contributed by atoms with Crippen LogP contribution < -0.4 is 10.6 Å². The second-order valence-corrected chi connectivity index (χ2v) is 3.52. The number of nitrogens with one attached hydrogen (secondary N) is 2. The zero-order valence-corrected chi connectivity index (χ0v) is 10.8. The van der Waals surface area contributed by atoms with Crippen LogP contribution in [0.1, 0.15) is 16.8 Å². The summed E-state index contributed by atoms with van der Waals surface area (Å²) in [6.45, 7) is 1.41. The average molecular weight is 274 g/mol. The molecule has 1 rings (SSSR count). The molecule has 0 aliphatic rings. The van der Waals surface area contributed by atoms with Gasteiger partial charge in [-0.1, -0.05) is 0 Å². The van der Waals surface area contributed by atoms with Gasteiger partial charge in [-0.25, -0.2) is 0 Å². The van der Waals surface area contributed by atoms with Crippen molar-refractivity contribution in [1.82, 2.24) is 10.6 Å². The summed E-state index contributed by atoms with van der Waals surface area (Å²) in [4.78, 5) is 21.5. The summed E-state index contributed by atoms with van der Waals surface area (Å²) in [6, 6.07) is 5.54. The van der Waals surface area contributed by atoms with Gasteiger partial charge in [-0.2, -0.15) is 0 Å². The van der Waals surface area contributed by atoms with E-state index in [1.54, 1.807) is 0 Å². The number of hydrogen-bond donors (Lipinski definition) is 2. The van der Waals surface area contributed by atoms with Crippen LogP contribution in [0.5, 0.6) is 0 Å². The average Bonchev–Trinajstić information content (AvgIpc) is 2.34. The molecule has 0 aliphatic heterocycles. The van der Waals surface area contributed by atoms with Gasteiger partial charge in [0.05, 0.1) is 4.92 Å². The van der Waals surface area contributed by atoms with Crippen molar-refractivity contribution in [2.24, 2.45) is 0 Å². The molecule has 18 heavy (non-hydrogen) atoms.